The van der Waals surface area contributed by atoms with E-state index in [0.29, 0.717) is 24.1 Å². The zero-order chi connectivity index (χ0) is 29.2. The number of nitrogens with two attached hydrogens (primary N) is 1. The molecular weight excluding hydrogens is 550 g/mol. The summed E-state index contributed by atoms with van der Waals surface area (Å²) in [6, 6.07) is 7.53. The Hall–Kier alpha value is -3.24. The number of benzene rings is 2. The third-order valence-corrected chi connectivity index (χ3v) is 7.71. The largest absolute Gasteiger partial charge is 0.456 e. The number of fused-ring (bicyclic) bond motifs is 1. The molecule has 5 rings (SSSR count). The minimum atomic E-state index is -4.57. The summed E-state index contributed by atoms with van der Waals surface area (Å²) < 4.78 is 63.9. The van der Waals surface area contributed by atoms with Crippen molar-refractivity contribution in [1.82, 2.24) is 9.78 Å². The fourth-order valence-corrected chi connectivity index (χ4v) is 5.53. The molecule has 2 aromatic carbocycles. The zero-order valence-corrected chi connectivity index (χ0v) is 22.9. The number of aromatic nitrogens is 2. The highest BCUT2D eigenvalue weighted by atomic mass is 35.5. The first-order valence-electron chi connectivity index (χ1n) is 12.9. The van der Waals surface area contributed by atoms with E-state index in [-0.39, 0.29) is 58.3 Å². The smallest absolute Gasteiger partial charge is 0.398 e. The summed E-state index contributed by atoms with van der Waals surface area (Å²) >= 11 is 6.35. The van der Waals surface area contributed by atoms with Crippen molar-refractivity contribution >= 4 is 23.5 Å². The maximum Gasteiger partial charge on any atom is 0.398 e. The lowest BCUT2D eigenvalue weighted by Crippen LogP contribution is -2.33. The van der Waals surface area contributed by atoms with Gasteiger partial charge in [-0.3, -0.25) is 4.79 Å². The van der Waals surface area contributed by atoms with E-state index in [1.807, 2.05) is 0 Å². The van der Waals surface area contributed by atoms with E-state index in [9.17, 15) is 22.8 Å². The lowest BCUT2D eigenvalue weighted by molar-refractivity contribution is -0.160. The fourth-order valence-electron chi connectivity index (χ4n) is 5.27. The first-order valence-corrected chi connectivity index (χ1v) is 13.3. The number of rotatable bonds is 4. The van der Waals surface area contributed by atoms with Crippen molar-refractivity contribution in [1.29, 1.82) is 0 Å². The number of nitrogens with zero attached hydrogens (tertiary/aromatic N) is 2. The van der Waals surface area contributed by atoms with Crippen LogP contribution in [-0.4, -0.2) is 39.5 Å². The van der Waals surface area contributed by atoms with Crippen molar-refractivity contribution in [3.05, 3.63) is 75.2 Å². The minimum absolute atomic E-state index is 0.00478. The predicted octanol–water partition coefficient (Wildman–Crippen LogP) is 6.40. The van der Waals surface area contributed by atoms with Crippen molar-refractivity contribution < 1.29 is 31.9 Å². The van der Waals surface area contributed by atoms with Gasteiger partial charge in [0.25, 0.3) is 5.91 Å². The van der Waals surface area contributed by atoms with Crippen LogP contribution in [-0.2, 0) is 23.0 Å². The highest BCUT2D eigenvalue weighted by molar-refractivity contribution is 6.34. The third-order valence-electron chi connectivity index (χ3n) is 7.40. The molecule has 1 fully saturated rings. The van der Waals surface area contributed by atoms with E-state index < -0.39 is 34.9 Å². The quantitative estimate of drug-likeness (QED) is 0.286. The molecule has 1 aromatic heterocycles. The molecule has 2 N–H and O–H groups in total. The minimum Gasteiger partial charge on any atom is -0.456 e. The maximum atomic E-state index is 15.4. The van der Waals surface area contributed by atoms with E-state index in [4.69, 9.17) is 22.1 Å². The van der Waals surface area contributed by atoms with Gasteiger partial charge < -0.3 is 10.5 Å². The van der Waals surface area contributed by atoms with E-state index in [2.05, 4.69) is 5.10 Å². The van der Waals surface area contributed by atoms with Gasteiger partial charge in [0, 0.05) is 23.6 Å². The van der Waals surface area contributed by atoms with Gasteiger partial charge in [0.05, 0.1) is 33.0 Å². The molecule has 6 nitrogen and oxygen atoms in total. The fraction of sp³-hybridized carbons (Fsp3) is 0.414. The van der Waals surface area contributed by atoms with Gasteiger partial charge in [-0.05, 0) is 76.3 Å². The van der Waals surface area contributed by atoms with Gasteiger partial charge in [0.2, 0.25) is 0 Å². The molecule has 1 atom stereocenters. The first-order chi connectivity index (χ1) is 18.6. The van der Waals surface area contributed by atoms with Crippen LogP contribution in [0.4, 0.5) is 17.6 Å². The van der Waals surface area contributed by atoms with Crippen LogP contribution in [0, 0.1) is 5.82 Å². The molecule has 1 saturated carbocycles. The Labute approximate surface area is 233 Å². The topological polar surface area (TPSA) is 87.2 Å². The van der Waals surface area contributed by atoms with E-state index >= 15 is 4.39 Å². The Balaban J connectivity index is 1.61. The Morgan fingerprint density at radius 2 is 1.85 bits per heavy atom. The summed E-state index contributed by atoms with van der Waals surface area (Å²) in [5.74, 6) is -2.29. The summed E-state index contributed by atoms with van der Waals surface area (Å²) in [6.45, 7) is 5.08. The van der Waals surface area contributed by atoms with Crippen LogP contribution < -0.4 is 5.73 Å². The number of alkyl halides is 3. The normalized spacial score (nSPS) is 18.3. The van der Waals surface area contributed by atoms with Crippen LogP contribution in [0.5, 0.6) is 0 Å². The monoisotopic (exact) mass is 577 g/mol. The van der Waals surface area contributed by atoms with Crippen molar-refractivity contribution in [2.45, 2.75) is 76.1 Å². The molecule has 3 aromatic rings. The van der Waals surface area contributed by atoms with E-state index in [1.165, 1.54) is 30.3 Å². The second-order valence-electron chi connectivity index (χ2n) is 11.4. The van der Waals surface area contributed by atoms with Gasteiger partial charge in [0.15, 0.2) is 0 Å². The Morgan fingerprint density at radius 1 is 1.15 bits per heavy atom. The van der Waals surface area contributed by atoms with Crippen LogP contribution in [0.15, 0.2) is 36.4 Å². The first kappa shape index (κ1) is 28.3. The number of ether oxygens (including phenoxy) is 1. The number of carbonyl (C=O) groups is 2. The molecule has 1 unspecified atom stereocenters. The Kier molecular flexibility index (Phi) is 6.86. The van der Waals surface area contributed by atoms with Gasteiger partial charge in [-0.15, -0.1) is 0 Å². The van der Waals surface area contributed by atoms with Gasteiger partial charge in [-0.2, -0.15) is 23.0 Å². The molecule has 0 spiro atoms. The summed E-state index contributed by atoms with van der Waals surface area (Å²) in [6.07, 6.45) is -3.72. The van der Waals surface area contributed by atoms with Crippen LogP contribution in [0.25, 0.3) is 11.3 Å². The Morgan fingerprint density at radius 3 is 2.45 bits per heavy atom. The van der Waals surface area contributed by atoms with Crippen LogP contribution >= 0.6 is 11.6 Å². The van der Waals surface area contributed by atoms with Crippen molar-refractivity contribution in [2.24, 2.45) is 5.73 Å². The number of hydrogen-bond acceptors (Lipinski definition) is 5. The number of carbonyl (C=O) groups excluding carboxylic acids is 2. The molecule has 0 saturated heterocycles. The van der Waals surface area contributed by atoms with Gasteiger partial charge >= 0.3 is 12.1 Å². The maximum absolute atomic E-state index is 15.4. The van der Waals surface area contributed by atoms with Crippen LogP contribution in [0.3, 0.4) is 0 Å². The average molecular weight is 578 g/mol. The van der Waals surface area contributed by atoms with Crippen molar-refractivity contribution in [2.75, 3.05) is 0 Å². The molecule has 40 heavy (non-hydrogen) atoms. The average Bonchev–Trinajstić information content (AvgIpc) is 3.59. The standard InChI is InChI=1S/C29H28ClF4N3O3/c1-27(2,3)40-26(39)15-7-9-17(21(31)13-15)24-18-10-8-16(35)14-22(18)37(36-24)25(38)23-19(5-4-6-20(23)30)28(11-12-28)29(32,33)34/h4-7,9,13,16H,8,10-12,14,35H2,1-3H3. The number of hydrogen-bond donors (Lipinski definition) is 1. The molecule has 212 valence electrons. The van der Waals surface area contributed by atoms with Crippen LogP contribution in [0.2, 0.25) is 5.02 Å². The molecule has 0 amide bonds. The summed E-state index contributed by atoms with van der Waals surface area (Å²) in [4.78, 5) is 26.4. The van der Waals surface area contributed by atoms with E-state index in [0.717, 1.165) is 10.7 Å². The second-order valence-corrected chi connectivity index (χ2v) is 11.8. The molecule has 0 radical (unpaired) electrons. The highest BCUT2D eigenvalue weighted by Crippen LogP contribution is 2.60. The van der Waals surface area contributed by atoms with Gasteiger partial charge in [-0.1, -0.05) is 23.7 Å². The van der Waals surface area contributed by atoms with Gasteiger partial charge in [0.1, 0.15) is 11.4 Å². The van der Waals surface area contributed by atoms with E-state index in [1.54, 1.807) is 20.8 Å². The summed E-state index contributed by atoms with van der Waals surface area (Å²) in [5, 5.41) is 4.30. The molecule has 0 bridgehead atoms. The van der Waals surface area contributed by atoms with Crippen molar-refractivity contribution in [3.63, 3.8) is 0 Å². The molecule has 11 heteroatoms. The molecule has 0 aliphatic heterocycles. The summed E-state index contributed by atoms with van der Waals surface area (Å²) in [5.41, 5.74) is 3.96. The predicted molar refractivity (Wildman–Crippen MR) is 141 cm³/mol. The lowest BCUT2D eigenvalue weighted by Gasteiger charge is -2.24. The highest BCUT2D eigenvalue weighted by Gasteiger charge is 2.65. The SMILES string of the molecule is CC(C)(C)OC(=O)c1ccc(-c2nn(C(=O)c3c(Cl)cccc3C3(C(F)(F)F)CC3)c3c2CCC(N)C3)c(F)c1. The van der Waals surface area contributed by atoms with Gasteiger partial charge in [-0.25, -0.2) is 9.18 Å². The summed E-state index contributed by atoms with van der Waals surface area (Å²) in [7, 11) is 0. The molecule has 2 aliphatic carbocycles. The van der Waals surface area contributed by atoms with Crippen molar-refractivity contribution in [3.8, 4) is 11.3 Å². The number of halogens is 5. The zero-order valence-electron chi connectivity index (χ0n) is 22.2. The number of esters is 1. The van der Waals surface area contributed by atoms with Crippen LogP contribution in [0.1, 0.15) is 77.6 Å². The third kappa shape index (κ3) is 4.92. The Bertz CT molecular complexity index is 1520. The lowest BCUT2D eigenvalue weighted by atomic mass is 9.89. The molecule has 1 heterocycles. The second kappa shape index (κ2) is 9.69. The molecule has 2 aliphatic rings. The molecular formula is C29H28ClF4N3O3.